The Morgan fingerprint density at radius 3 is 2.86 bits per heavy atom. The van der Waals surface area contributed by atoms with Crippen LogP contribution in [0.2, 0.25) is 0 Å². The number of aromatic nitrogens is 2. The normalized spacial score (nSPS) is 10.6. The van der Waals surface area contributed by atoms with Gasteiger partial charge in [-0.2, -0.15) is 0 Å². The van der Waals surface area contributed by atoms with Gasteiger partial charge in [-0.3, -0.25) is 9.78 Å². The first kappa shape index (κ1) is 13.9. The number of hydrogen-bond donors (Lipinski definition) is 2. The lowest BCUT2D eigenvalue weighted by molar-refractivity contribution is 0.100. The molecule has 0 radical (unpaired) electrons. The predicted octanol–water partition coefficient (Wildman–Crippen LogP) is 2.92. The molecule has 0 spiro atoms. The van der Waals surface area contributed by atoms with Crippen LogP contribution in [0, 0.1) is 12.7 Å². The highest BCUT2D eigenvalue weighted by Gasteiger charge is 2.14. The van der Waals surface area contributed by atoms with Crippen LogP contribution < -0.4 is 11.1 Å². The van der Waals surface area contributed by atoms with E-state index in [4.69, 9.17) is 5.73 Å². The lowest BCUT2D eigenvalue weighted by Crippen LogP contribution is -2.15. The molecular formula is C16H13FN4O. The third-order valence-electron chi connectivity index (χ3n) is 3.28. The molecule has 3 rings (SSSR count). The van der Waals surface area contributed by atoms with Gasteiger partial charge in [0.15, 0.2) is 0 Å². The van der Waals surface area contributed by atoms with Gasteiger partial charge in [0.05, 0.1) is 16.8 Å². The fourth-order valence-electron chi connectivity index (χ4n) is 2.15. The average molecular weight is 296 g/mol. The molecule has 0 saturated heterocycles. The van der Waals surface area contributed by atoms with E-state index in [9.17, 15) is 9.18 Å². The van der Waals surface area contributed by atoms with Crippen molar-refractivity contribution in [1.82, 2.24) is 9.97 Å². The van der Waals surface area contributed by atoms with Crippen molar-refractivity contribution in [2.45, 2.75) is 6.92 Å². The number of nitrogens with zero attached hydrogens (tertiary/aromatic N) is 2. The van der Waals surface area contributed by atoms with Crippen molar-refractivity contribution in [2.75, 3.05) is 5.32 Å². The van der Waals surface area contributed by atoms with Crippen molar-refractivity contribution in [3.8, 4) is 0 Å². The zero-order chi connectivity index (χ0) is 15.7. The van der Waals surface area contributed by atoms with Gasteiger partial charge in [-0.15, -0.1) is 0 Å². The van der Waals surface area contributed by atoms with E-state index in [1.807, 2.05) is 24.3 Å². The van der Waals surface area contributed by atoms with E-state index in [0.29, 0.717) is 5.69 Å². The summed E-state index contributed by atoms with van der Waals surface area (Å²) >= 11 is 0. The van der Waals surface area contributed by atoms with Crippen LogP contribution in [0.1, 0.15) is 16.1 Å². The van der Waals surface area contributed by atoms with E-state index in [1.54, 1.807) is 12.3 Å². The van der Waals surface area contributed by atoms with Gasteiger partial charge < -0.3 is 11.1 Å². The van der Waals surface area contributed by atoms with Crippen LogP contribution in [0.4, 0.5) is 15.9 Å². The molecule has 0 aliphatic heterocycles. The molecule has 110 valence electrons. The maximum Gasteiger partial charge on any atom is 0.252 e. The number of pyridine rings is 2. The van der Waals surface area contributed by atoms with Crippen LogP contribution in [0.5, 0.6) is 0 Å². The minimum absolute atomic E-state index is 0.00869. The maximum absolute atomic E-state index is 13.6. The van der Waals surface area contributed by atoms with E-state index < -0.39 is 11.7 Å². The Balaban J connectivity index is 2.04. The first-order valence-electron chi connectivity index (χ1n) is 6.63. The number of nitrogens with one attached hydrogen (secondary N) is 1. The van der Waals surface area contributed by atoms with E-state index in [-0.39, 0.29) is 17.1 Å². The van der Waals surface area contributed by atoms with E-state index in [2.05, 4.69) is 15.3 Å². The minimum atomic E-state index is -0.739. The zero-order valence-electron chi connectivity index (χ0n) is 11.8. The highest BCUT2D eigenvalue weighted by molar-refractivity contribution is 5.98. The van der Waals surface area contributed by atoms with Gasteiger partial charge in [0.2, 0.25) is 0 Å². The maximum atomic E-state index is 13.6. The summed E-state index contributed by atoms with van der Waals surface area (Å²) in [5.41, 5.74) is 7.04. The number of amides is 1. The highest BCUT2D eigenvalue weighted by atomic mass is 19.1. The molecule has 0 aliphatic rings. The number of carbonyl (C=O) groups is 1. The molecule has 3 N–H and O–H groups in total. The first-order chi connectivity index (χ1) is 10.5. The quantitative estimate of drug-likeness (QED) is 0.778. The van der Waals surface area contributed by atoms with Crippen molar-refractivity contribution in [1.29, 1.82) is 0 Å². The molecule has 0 fully saturated rings. The number of nitrogens with two attached hydrogens (primary N) is 1. The third kappa shape index (κ3) is 2.58. The number of hydrogen-bond acceptors (Lipinski definition) is 4. The van der Waals surface area contributed by atoms with Crippen molar-refractivity contribution in [2.24, 2.45) is 5.73 Å². The fourth-order valence-corrected chi connectivity index (χ4v) is 2.15. The SMILES string of the molecule is Cc1nc(Nc2ccc3ncccc3c2)c(C(N)=O)cc1F. The first-order valence-corrected chi connectivity index (χ1v) is 6.63. The molecule has 22 heavy (non-hydrogen) atoms. The molecular weight excluding hydrogens is 283 g/mol. The summed E-state index contributed by atoms with van der Waals surface area (Å²) in [6, 6.07) is 10.4. The fraction of sp³-hybridized carbons (Fsp3) is 0.0625. The van der Waals surface area contributed by atoms with Crippen LogP contribution in [-0.2, 0) is 0 Å². The highest BCUT2D eigenvalue weighted by Crippen LogP contribution is 2.23. The monoisotopic (exact) mass is 296 g/mol. The molecule has 1 aromatic carbocycles. The van der Waals surface area contributed by atoms with Crippen LogP contribution in [0.15, 0.2) is 42.6 Å². The summed E-state index contributed by atoms with van der Waals surface area (Å²) in [6.45, 7) is 1.52. The second-order valence-electron chi connectivity index (χ2n) is 4.85. The second kappa shape index (κ2) is 5.40. The summed E-state index contributed by atoms with van der Waals surface area (Å²) in [6.07, 6.45) is 1.71. The summed E-state index contributed by atoms with van der Waals surface area (Å²) in [4.78, 5) is 19.8. The predicted molar refractivity (Wildman–Crippen MR) is 82.5 cm³/mol. The number of fused-ring (bicyclic) bond motifs is 1. The Morgan fingerprint density at radius 1 is 1.27 bits per heavy atom. The topological polar surface area (TPSA) is 80.9 Å². The number of benzene rings is 1. The number of rotatable bonds is 3. The van der Waals surface area contributed by atoms with Gasteiger partial charge in [0.25, 0.3) is 5.91 Å². The Labute approximate surface area is 126 Å². The van der Waals surface area contributed by atoms with Crippen LogP contribution in [0.3, 0.4) is 0 Å². The second-order valence-corrected chi connectivity index (χ2v) is 4.85. The Bertz CT molecular complexity index is 879. The molecule has 0 unspecified atom stereocenters. The molecule has 5 nitrogen and oxygen atoms in total. The number of anilines is 2. The van der Waals surface area contributed by atoms with E-state index >= 15 is 0 Å². The van der Waals surface area contributed by atoms with Crippen LogP contribution in [-0.4, -0.2) is 15.9 Å². The van der Waals surface area contributed by atoms with Gasteiger partial charge >= 0.3 is 0 Å². The Kier molecular flexibility index (Phi) is 3.42. The van der Waals surface area contributed by atoms with Gasteiger partial charge in [-0.05, 0) is 37.3 Å². The summed E-state index contributed by atoms with van der Waals surface area (Å²) < 4.78 is 13.6. The molecule has 0 bridgehead atoms. The van der Waals surface area contributed by atoms with Crippen molar-refractivity contribution >= 4 is 28.3 Å². The summed E-state index contributed by atoms with van der Waals surface area (Å²) in [5, 5.41) is 3.94. The van der Waals surface area contributed by atoms with Crippen molar-refractivity contribution in [3.05, 3.63) is 59.7 Å². The zero-order valence-corrected chi connectivity index (χ0v) is 11.8. The van der Waals surface area contributed by atoms with Gasteiger partial charge in [0, 0.05) is 17.3 Å². The molecule has 1 amide bonds. The standard InChI is InChI=1S/C16H13FN4O/c1-9-13(17)8-12(15(18)22)16(20-9)21-11-4-5-14-10(7-11)3-2-6-19-14/h2-8H,1H3,(H2,18,22)(H,20,21). The smallest absolute Gasteiger partial charge is 0.252 e. The number of aryl methyl sites for hydroxylation is 1. The Morgan fingerprint density at radius 2 is 2.09 bits per heavy atom. The third-order valence-corrected chi connectivity index (χ3v) is 3.28. The van der Waals surface area contributed by atoms with Crippen LogP contribution >= 0.6 is 0 Å². The van der Waals surface area contributed by atoms with E-state index in [1.165, 1.54) is 6.92 Å². The molecule has 0 aliphatic carbocycles. The number of halogens is 1. The molecule has 2 aromatic heterocycles. The van der Waals surface area contributed by atoms with Gasteiger partial charge in [-0.25, -0.2) is 9.37 Å². The minimum Gasteiger partial charge on any atom is -0.365 e. The lowest BCUT2D eigenvalue weighted by atomic mass is 10.1. The Hall–Kier alpha value is -3.02. The average Bonchev–Trinajstić information content (AvgIpc) is 2.50. The van der Waals surface area contributed by atoms with Crippen molar-refractivity contribution < 1.29 is 9.18 Å². The number of primary amides is 1. The molecule has 3 aromatic rings. The molecule has 2 heterocycles. The lowest BCUT2D eigenvalue weighted by Gasteiger charge is -2.11. The van der Waals surface area contributed by atoms with Crippen molar-refractivity contribution in [3.63, 3.8) is 0 Å². The molecule has 0 saturated carbocycles. The number of carbonyl (C=O) groups excluding carboxylic acids is 1. The largest absolute Gasteiger partial charge is 0.365 e. The van der Waals surface area contributed by atoms with Gasteiger partial charge in [-0.1, -0.05) is 6.07 Å². The summed E-state index contributed by atoms with van der Waals surface area (Å²) in [5.74, 6) is -1.08. The molecule has 0 atom stereocenters. The van der Waals surface area contributed by atoms with Gasteiger partial charge in [0.1, 0.15) is 11.6 Å². The summed E-state index contributed by atoms with van der Waals surface area (Å²) in [7, 11) is 0. The van der Waals surface area contributed by atoms with Crippen LogP contribution in [0.25, 0.3) is 10.9 Å². The van der Waals surface area contributed by atoms with E-state index in [0.717, 1.165) is 17.0 Å². The molecule has 6 heteroatoms.